The van der Waals surface area contributed by atoms with Crippen molar-refractivity contribution < 1.29 is 13.2 Å². The second-order valence-electron chi connectivity index (χ2n) is 6.73. The van der Waals surface area contributed by atoms with Crippen LogP contribution < -0.4 is 4.72 Å². The van der Waals surface area contributed by atoms with Crippen molar-refractivity contribution in [1.29, 1.82) is 0 Å². The second kappa shape index (κ2) is 7.17. The fourth-order valence-electron chi connectivity index (χ4n) is 3.74. The number of benzene rings is 1. The SMILES string of the molecule is O=S(=O)(NC[C@@H]1CO[C@H]2CN(Cc3cccs3)C[C@@H]12)c1ccccc1. The summed E-state index contributed by atoms with van der Waals surface area (Å²) in [7, 11) is -3.45. The molecule has 2 aromatic rings. The zero-order chi connectivity index (χ0) is 17.3. The van der Waals surface area contributed by atoms with Crippen LogP contribution in [0.15, 0.2) is 52.7 Å². The lowest BCUT2D eigenvalue weighted by Gasteiger charge is -2.19. The van der Waals surface area contributed by atoms with Crippen LogP contribution in [0.2, 0.25) is 0 Å². The molecule has 2 aliphatic heterocycles. The molecule has 0 amide bonds. The van der Waals surface area contributed by atoms with Crippen molar-refractivity contribution in [2.75, 3.05) is 26.2 Å². The Labute approximate surface area is 152 Å². The lowest BCUT2D eigenvalue weighted by atomic mass is 9.93. The second-order valence-corrected chi connectivity index (χ2v) is 9.53. The highest BCUT2D eigenvalue weighted by molar-refractivity contribution is 7.89. The first kappa shape index (κ1) is 17.2. The van der Waals surface area contributed by atoms with Gasteiger partial charge in [0.05, 0.1) is 17.6 Å². The number of likely N-dealkylation sites (tertiary alicyclic amines) is 1. The van der Waals surface area contributed by atoms with Gasteiger partial charge < -0.3 is 4.74 Å². The Bertz CT molecular complexity index is 793. The van der Waals surface area contributed by atoms with Crippen LogP contribution in [0.5, 0.6) is 0 Å². The van der Waals surface area contributed by atoms with Gasteiger partial charge in [0.2, 0.25) is 10.0 Å². The Balaban J connectivity index is 1.35. The fourth-order valence-corrected chi connectivity index (χ4v) is 5.60. The van der Waals surface area contributed by atoms with E-state index in [0.717, 1.165) is 19.6 Å². The van der Waals surface area contributed by atoms with Gasteiger partial charge in [-0.1, -0.05) is 24.3 Å². The van der Waals surface area contributed by atoms with E-state index >= 15 is 0 Å². The Kier molecular flexibility index (Phi) is 4.92. The number of thiophene rings is 1. The van der Waals surface area contributed by atoms with Crippen LogP contribution in [-0.2, 0) is 21.3 Å². The summed E-state index contributed by atoms with van der Waals surface area (Å²) in [5.74, 6) is 0.634. The first-order valence-corrected chi connectivity index (χ1v) is 10.9. The fraction of sp³-hybridized carbons (Fsp3) is 0.444. The summed E-state index contributed by atoms with van der Waals surface area (Å²) in [5.41, 5.74) is 0. The molecule has 4 rings (SSSR count). The van der Waals surface area contributed by atoms with Gasteiger partial charge in [-0.05, 0) is 23.6 Å². The van der Waals surface area contributed by atoms with Gasteiger partial charge in [-0.3, -0.25) is 4.90 Å². The molecule has 2 fully saturated rings. The highest BCUT2D eigenvalue weighted by Gasteiger charge is 2.43. The third-order valence-electron chi connectivity index (χ3n) is 5.06. The van der Waals surface area contributed by atoms with Crippen molar-refractivity contribution >= 4 is 21.4 Å². The summed E-state index contributed by atoms with van der Waals surface area (Å²) in [6.07, 6.45) is 0.228. The molecule has 1 N–H and O–H groups in total. The normalized spacial score (nSPS) is 26.8. The number of nitrogens with zero attached hydrogens (tertiary/aromatic N) is 1. The van der Waals surface area contributed by atoms with Gasteiger partial charge >= 0.3 is 0 Å². The van der Waals surface area contributed by atoms with Crippen LogP contribution in [0.1, 0.15) is 4.88 Å². The number of nitrogens with one attached hydrogen (secondary N) is 1. The van der Waals surface area contributed by atoms with Gasteiger partial charge in [-0.15, -0.1) is 11.3 Å². The first-order valence-electron chi connectivity index (χ1n) is 8.53. The average Bonchev–Trinajstić information content (AvgIpc) is 3.32. The Morgan fingerprint density at radius 2 is 2.00 bits per heavy atom. The molecule has 3 heterocycles. The number of sulfonamides is 1. The molecule has 0 aliphatic carbocycles. The van der Waals surface area contributed by atoms with E-state index < -0.39 is 10.0 Å². The minimum Gasteiger partial charge on any atom is -0.376 e. The van der Waals surface area contributed by atoms with Gasteiger partial charge in [0.1, 0.15) is 0 Å². The molecule has 3 atom stereocenters. The molecule has 0 saturated carbocycles. The number of rotatable bonds is 6. The van der Waals surface area contributed by atoms with E-state index in [1.807, 2.05) is 6.07 Å². The van der Waals surface area contributed by atoms with Crippen molar-refractivity contribution in [1.82, 2.24) is 9.62 Å². The maximum Gasteiger partial charge on any atom is 0.240 e. The molecule has 0 spiro atoms. The van der Waals surface area contributed by atoms with E-state index in [4.69, 9.17) is 4.74 Å². The molecule has 7 heteroatoms. The standard InChI is InChI=1S/C18H22N2O3S2/c21-25(22,16-6-2-1-3-7-16)19-9-14-13-23-18-12-20(11-17(14)18)10-15-5-4-8-24-15/h1-8,14,17-19H,9-13H2/t14-,17+,18+/m1/s1. The lowest BCUT2D eigenvalue weighted by molar-refractivity contribution is 0.0944. The van der Waals surface area contributed by atoms with Crippen molar-refractivity contribution in [3.8, 4) is 0 Å². The average molecular weight is 379 g/mol. The Morgan fingerprint density at radius 3 is 2.76 bits per heavy atom. The van der Waals surface area contributed by atoms with E-state index in [-0.39, 0.29) is 12.0 Å². The van der Waals surface area contributed by atoms with Gasteiger partial charge in [-0.25, -0.2) is 13.1 Å². The number of hydrogen-bond acceptors (Lipinski definition) is 5. The molecule has 1 aromatic heterocycles. The van der Waals surface area contributed by atoms with E-state index in [1.54, 1.807) is 35.6 Å². The summed E-state index contributed by atoms with van der Waals surface area (Å²) in [6, 6.07) is 12.8. The maximum absolute atomic E-state index is 12.4. The summed E-state index contributed by atoms with van der Waals surface area (Å²) < 4.78 is 33.5. The maximum atomic E-state index is 12.4. The predicted molar refractivity (Wildman–Crippen MR) is 97.9 cm³/mol. The Morgan fingerprint density at radius 1 is 1.16 bits per heavy atom. The number of hydrogen-bond donors (Lipinski definition) is 1. The largest absolute Gasteiger partial charge is 0.376 e. The van der Waals surface area contributed by atoms with Gasteiger partial charge in [0, 0.05) is 42.9 Å². The quantitative estimate of drug-likeness (QED) is 0.837. The van der Waals surface area contributed by atoms with Gasteiger partial charge in [0.15, 0.2) is 0 Å². The van der Waals surface area contributed by atoms with Gasteiger partial charge in [-0.2, -0.15) is 0 Å². The summed E-state index contributed by atoms with van der Waals surface area (Å²) >= 11 is 1.78. The van der Waals surface area contributed by atoms with Crippen molar-refractivity contribution in [3.05, 3.63) is 52.7 Å². The molecule has 0 radical (unpaired) electrons. The molecule has 0 unspecified atom stereocenters. The third-order valence-corrected chi connectivity index (χ3v) is 7.36. The lowest BCUT2D eigenvalue weighted by Crippen LogP contribution is -2.34. The van der Waals surface area contributed by atoms with Crippen LogP contribution in [0.3, 0.4) is 0 Å². The summed E-state index contributed by atoms with van der Waals surface area (Å²) in [5, 5.41) is 2.10. The van der Waals surface area contributed by atoms with E-state index in [2.05, 4.69) is 27.1 Å². The first-order chi connectivity index (χ1) is 12.1. The minimum atomic E-state index is -3.45. The van der Waals surface area contributed by atoms with Crippen LogP contribution in [0, 0.1) is 11.8 Å². The van der Waals surface area contributed by atoms with Crippen LogP contribution >= 0.6 is 11.3 Å². The molecule has 2 saturated heterocycles. The molecule has 5 nitrogen and oxygen atoms in total. The van der Waals surface area contributed by atoms with Crippen molar-refractivity contribution in [2.45, 2.75) is 17.5 Å². The van der Waals surface area contributed by atoms with Gasteiger partial charge in [0.25, 0.3) is 0 Å². The highest BCUT2D eigenvalue weighted by Crippen LogP contribution is 2.34. The monoisotopic (exact) mass is 378 g/mol. The Hall–Kier alpha value is -1.25. The highest BCUT2D eigenvalue weighted by atomic mass is 32.2. The predicted octanol–water partition coefficient (Wildman–Crippen LogP) is 2.17. The van der Waals surface area contributed by atoms with Crippen LogP contribution in [0.4, 0.5) is 0 Å². The minimum absolute atomic E-state index is 0.228. The summed E-state index contributed by atoms with van der Waals surface area (Å²) in [6.45, 7) is 3.94. The molecule has 2 aliphatic rings. The van der Waals surface area contributed by atoms with E-state index in [0.29, 0.717) is 24.0 Å². The zero-order valence-corrected chi connectivity index (χ0v) is 15.5. The number of fused-ring (bicyclic) bond motifs is 1. The topological polar surface area (TPSA) is 58.6 Å². The molecule has 25 heavy (non-hydrogen) atoms. The number of ether oxygens (including phenoxy) is 1. The van der Waals surface area contributed by atoms with E-state index in [1.165, 1.54) is 4.88 Å². The third kappa shape index (κ3) is 3.80. The zero-order valence-electron chi connectivity index (χ0n) is 13.9. The van der Waals surface area contributed by atoms with Crippen molar-refractivity contribution in [3.63, 3.8) is 0 Å². The molecule has 1 aromatic carbocycles. The molecular formula is C18H22N2O3S2. The molecule has 134 valence electrons. The molecule has 0 bridgehead atoms. The van der Waals surface area contributed by atoms with Crippen molar-refractivity contribution in [2.24, 2.45) is 11.8 Å². The van der Waals surface area contributed by atoms with Crippen LogP contribution in [-0.4, -0.2) is 45.7 Å². The van der Waals surface area contributed by atoms with E-state index in [9.17, 15) is 8.42 Å². The molecular weight excluding hydrogens is 356 g/mol. The smallest absolute Gasteiger partial charge is 0.240 e. The summed E-state index contributed by atoms with van der Waals surface area (Å²) in [4.78, 5) is 4.09. The van der Waals surface area contributed by atoms with Crippen LogP contribution in [0.25, 0.3) is 0 Å².